The molecule has 0 aliphatic heterocycles. The highest BCUT2D eigenvalue weighted by atomic mass is 19.4. The van der Waals surface area contributed by atoms with Crippen molar-refractivity contribution in [3.05, 3.63) is 65.2 Å². The predicted octanol–water partition coefficient (Wildman–Crippen LogP) is 4.22. The third-order valence-corrected chi connectivity index (χ3v) is 3.07. The first kappa shape index (κ1) is 11.1. The Labute approximate surface area is 102 Å². The van der Waals surface area contributed by atoms with Gasteiger partial charge in [-0.05, 0) is 23.3 Å². The number of hydrogen-bond donors (Lipinski definition) is 1. The molecule has 18 heavy (non-hydrogen) atoms. The van der Waals surface area contributed by atoms with E-state index in [2.05, 4.69) is 5.32 Å². The molecular weight excluding hydrogens is 239 g/mol. The molecule has 0 amide bonds. The molecule has 92 valence electrons. The highest BCUT2D eigenvalue weighted by Gasteiger charge is 2.36. The predicted molar refractivity (Wildman–Crippen MR) is 63.4 cm³/mol. The van der Waals surface area contributed by atoms with Crippen LogP contribution in [0.15, 0.2) is 48.5 Å². The molecule has 0 spiro atoms. The van der Waals surface area contributed by atoms with Crippen LogP contribution in [0.2, 0.25) is 0 Å². The average Bonchev–Trinajstić information content (AvgIpc) is 3.02. The second-order valence-electron chi connectivity index (χ2n) is 4.25. The van der Waals surface area contributed by atoms with Crippen LogP contribution in [0.1, 0.15) is 22.7 Å². The summed E-state index contributed by atoms with van der Waals surface area (Å²) in [6.45, 7) is 0. The minimum Gasteiger partial charge on any atom is -0.374 e. The summed E-state index contributed by atoms with van der Waals surface area (Å²) in [6.07, 6.45) is -4.33. The van der Waals surface area contributed by atoms with Gasteiger partial charge in [0.25, 0.3) is 0 Å². The fraction of sp³-hybridized carbons (Fsp3) is 0.143. The van der Waals surface area contributed by atoms with Crippen molar-refractivity contribution in [2.45, 2.75) is 12.2 Å². The molecule has 1 nitrogen and oxygen atoms in total. The summed E-state index contributed by atoms with van der Waals surface area (Å²) in [5, 5.41) is 2.94. The first-order chi connectivity index (χ1) is 8.57. The SMILES string of the molecule is FC(F)(F)c1ccccc1NC1c2ccccc21. The Kier molecular flexibility index (Phi) is 2.33. The van der Waals surface area contributed by atoms with Crippen LogP contribution < -0.4 is 5.32 Å². The van der Waals surface area contributed by atoms with Gasteiger partial charge in [0.2, 0.25) is 0 Å². The number of alkyl halides is 3. The number of halogens is 3. The summed E-state index contributed by atoms with van der Waals surface area (Å²) >= 11 is 0. The van der Waals surface area contributed by atoms with Crippen molar-refractivity contribution in [1.82, 2.24) is 0 Å². The molecule has 0 aromatic heterocycles. The van der Waals surface area contributed by atoms with E-state index < -0.39 is 11.7 Å². The van der Waals surface area contributed by atoms with Gasteiger partial charge >= 0.3 is 6.18 Å². The van der Waals surface area contributed by atoms with Crippen LogP contribution in [0.5, 0.6) is 0 Å². The van der Waals surface area contributed by atoms with Crippen LogP contribution in [0.25, 0.3) is 0 Å². The van der Waals surface area contributed by atoms with Gasteiger partial charge in [-0.3, -0.25) is 0 Å². The van der Waals surface area contributed by atoms with Crippen molar-refractivity contribution in [1.29, 1.82) is 0 Å². The lowest BCUT2D eigenvalue weighted by molar-refractivity contribution is -0.136. The maximum Gasteiger partial charge on any atom is 0.418 e. The van der Waals surface area contributed by atoms with E-state index in [0.717, 1.165) is 17.2 Å². The molecule has 0 unspecified atom stereocenters. The lowest BCUT2D eigenvalue weighted by atomic mass is 10.1. The van der Waals surface area contributed by atoms with Crippen LogP contribution in [0.3, 0.4) is 0 Å². The lowest BCUT2D eigenvalue weighted by Crippen LogP contribution is -2.09. The van der Waals surface area contributed by atoms with E-state index >= 15 is 0 Å². The van der Waals surface area contributed by atoms with Gasteiger partial charge in [-0.25, -0.2) is 0 Å². The Balaban J connectivity index is 1.87. The average molecular weight is 249 g/mol. The van der Waals surface area contributed by atoms with Crippen LogP contribution in [-0.2, 0) is 6.18 Å². The molecule has 1 aliphatic carbocycles. The zero-order valence-electron chi connectivity index (χ0n) is 9.33. The van der Waals surface area contributed by atoms with E-state index in [-0.39, 0.29) is 11.7 Å². The first-order valence-electron chi connectivity index (χ1n) is 5.59. The number of hydrogen-bond acceptors (Lipinski definition) is 1. The number of rotatable bonds is 2. The summed E-state index contributed by atoms with van der Waals surface area (Å²) in [7, 11) is 0. The molecule has 0 fully saturated rings. The second-order valence-corrected chi connectivity index (χ2v) is 4.25. The van der Waals surface area contributed by atoms with Gasteiger partial charge in [-0.2, -0.15) is 13.2 Å². The van der Waals surface area contributed by atoms with Crippen molar-refractivity contribution in [2.24, 2.45) is 0 Å². The van der Waals surface area contributed by atoms with Crippen molar-refractivity contribution >= 4 is 5.69 Å². The molecule has 3 rings (SSSR count). The van der Waals surface area contributed by atoms with Gasteiger partial charge in [-0.15, -0.1) is 0 Å². The molecule has 2 aromatic carbocycles. The summed E-state index contributed by atoms with van der Waals surface area (Å²) < 4.78 is 38.4. The van der Waals surface area contributed by atoms with Gasteiger partial charge in [-0.1, -0.05) is 36.4 Å². The normalized spacial score (nSPS) is 14.2. The van der Waals surface area contributed by atoms with E-state index in [1.807, 2.05) is 24.3 Å². The largest absolute Gasteiger partial charge is 0.418 e. The standard InChI is InChI=1S/C14H10F3N/c15-14(16,17)11-7-3-4-8-12(11)18-13-9-5-1-2-6-10(9)13/h1-8,13,18H. The van der Waals surface area contributed by atoms with Crippen molar-refractivity contribution in [3.63, 3.8) is 0 Å². The number of anilines is 1. The number of nitrogens with one attached hydrogen (secondary N) is 1. The maximum atomic E-state index is 12.8. The first-order valence-corrected chi connectivity index (χ1v) is 5.59. The summed E-state index contributed by atoms with van der Waals surface area (Å²) in [4.78, 5) is 0. The van der Waals surface area contributed by atoms with Crippen LogP contribution in [0.4, 0.5) is 18.9 Å². The van der Waals surface area contributed by atoms with E-state index in [1.54, 1.807) is 6.07 Å². The molecule has 1 aliphatic rings. The minimum atomic E-state index is -4.33. The number of fused-ring (bicyclic) bond motifs is 1. The molecule has 2 aromatic rings. The van der Waals surface area contributed by atoms with Crippen molar-refractivity contribution in [2.75, 3.05) is 5.32 Å². The zero-order chi connectivity index (χ0) is 12.8. The number of benzene rings is 2. The van der Waals surface area contributed by atoms with E-state index in [9.17, 15) is 13.2 Å². The fourth-order valence-electron chi connectivity index (χ4n) is 2.13. The third-order valence-electron chi connectivity index (χ3n) is 3.07. The van der Waals surface area contributed by atoms with Gasteiger partial charge < -0.3 is 5.32 Å². The van der Waals surface area contributed by atoms with Crippen LogP contribution in [-0.4, -0.2) is 0 Å². The molecule has 0 saturated carbocycles. The Bertz CT molecular complexity index is 567. The summed E-state index contributed by atoms with van der Waals surface area (Å²) in [5.74, 6) is 0. The smallest absolute Gasteiger partial charge is 0.374 e. The molecule has 0 atom stereocenters. The molecule has 0 bridgehead atoms. The molecule has 1 N–H and O–H groups in total. The van der Waals surface area contributed by atoms with Gasteiger partial charge in [0.1, 0.15) is 0 Å². The Hall–Kier alpha value is -1.97. The summed E-state index contributed by atoms with van der Waals surface area (Å²) in [5.41, 5.74) is 1.64. The monoisotopic (exact) mass is 249 g/mol. The Morgan fingerprint density at radius 3 is 2.00 bits per heavy atom. The van der Waals surface area contributed by atoms with Crippen molar-refractivity contribution < 1.29 is 13.2 Å². The Morgan fingerprint density at radius 1 is 0.833 bits per heavy atom. The van der Waals surface area contributed by atoms with Gasteiger partial charge in [0, 0.05) is 5.69 Å². The summed E-state index contributed by atoms with van der Waals surface area (Å²) in [6, 6.07) is 13.1. The van der Waals surface area contributed by atoms with E-state index in [1.165, 1.54) is 12.1 Å². The lowest BCUT2D eigenvalue weighted by Gasteiger charge is -2.13. The minimum absolute atomic E-state index is 0.0801. The van der Waals surface area contributed by atoms with Crippen molar-refractivity contribution in [3.8, 4) is 0 Å². The molecule has 0 heterocycles. The topological polar surface area (TPSA) is 12.0 Å². The molecular formula is C14H10F3N. The van der Waals surface area contributed by atoms with Gasteiger partial charge in [0.05, 0.1) is 11.6 Å². The highest BCUT2D eigenvalue weighted by Crippen LogP contribution is 2.45. The molecule has 4 heteroatoms. The van der Waals surface area contributed by atoms with E-state index in [4.69, 9.17) is 0 Å². The molecule has 0 saturated heterocycles. The number of para-hydroxylation sites is 1. The highest BCUT2D eigenvalue weighted by molar-refractivity contribution is 5.63. The fourth-order valence-corrected chi connectivity index (χ4v) is 2.13. The van der Waals surface area contributed by atoms with Gasteiger partial charge in [0.15, 0.2) is 0 Å². The second kappa shape index (κ2) is 3.77. The molecule has 0 radical (unpaired) electrons. The maximum absolute atomic E-state index is 12.8. The Morgan fingerprint density at radius 2 is 1.39 bits per heavy atom. The van der Waals surface area contributed by atoms with Crippen LogP contribution >= 0.6 is 0 Å². The third kappa shape index (κ3) is 1.83. The van der Waals surface area contributed by atoms with Crippen LogP contribution in [0, 0.1) is 0 Å². The quantitative estimate of drug-likeness (QED) is 0.840. The zero-order valence-corrected chi connectivity index (χ0v) is 9.33. The van der Waals surface area contributed by atoms with E-state index in [0.29, 0.717) is 0 Å².